The number of aryl methyl sites for hydroxylation is 1. The summed E-state index contributed by atoms with van der Waals surface area (Å²) in [6.07, 6.45) is 2.93. The normalized spacial score (nSPS) is 16.4. The van der Waals surface area contributed by atoms with Gasteiger partial charge in [-0.1, -0.05) is 24.3 Å². The first-order chi connectivity index (χ1) is 14.0. The van der Waals surface area contributed by atoms with E-state index in [4.69, 9.17) is 4.74 Å². The molecule has 1 aromatic heterocycles. The number of aromatic nitrogens is 1. The Morgan fingerprint density at radius 1 is 1.24 bits per heavy atom. The molecule has 1 aliphatic rings. The molecule has 1 heterocycles. The second kappa shape index (κ2) is 7.97. The zero-order valence-corrected chi connectivity index (χ0v) is 15.7. The maximum atomic E-state index is 12.3. The fourth-order valence-corrected chi connectivity index (χ4v) is 3.75. The van der Waals surface area contributed by atoms with Crippen LogP contribution in [-0.2, 0) is 22.4 Å². The molecule has 2 unspecified atom stereocenters. The van der Waals surface area contributed by atoms with Crippen LogP contribution >= 0.6 is 0 Å². The third kappa shape index (κ3) is 4.09. The maximum absolute atomic E-state index is 12.3. The second-order valence-corrected chi connectivity index (χ2v) is 7.23. The first-order valence-corrected chi connectivity index (χ1v) is 9.52. The fraction of sp³-hybridized carbons (Fsp3) is 0.273. The van der Waals surface area contributed by atoms with Gasteiger partial charge in [0.1, 0.15) is 11.8 Å². The number of hydrogen-bond donors (Lipinski definition) is 4. The predicted molar refractivity (Wildman–Crippen MR) is 107 cm³/mol. The van der Waals surface area contributed by atoms with Crippen LogP contribution in [0.4, 0.5) is 0 Å². The molecular formula is C22H22N2O5. The van der Waals surface area contributed by atoms with Gasteiger partial charge in [-0.25, -0.2) is 4.79 Å². The molecule has 0 saturated carbocycles. The number of aromatic amines is 1. The minimum atomic E-state index is -1.11. The Morgan fingerprint density at radius 3 is 2.90 bits per heavy atom. The highest BCUT2D eigenvalue weighted by Gasteiger charge is 2.23. The number of fused-ring (bicyclic) bond motifs is 2. The molecule has 1 aliphatic carbocycles. The summed E-state index contributed by atoms with van der Waals surface area (Å²) < 4.78 is 5.51. The molecule has 150 valence electrons. The number of hydrogen-bond acceptors (Lipinski definition) is 4. The molecule has 2 aromatic carbocycles. The van der Waals surface area contributed by atoms with Gasteiger partial charge in [0.05, 0.1) is 6.10 Å². The van der Waals surface area contributed by atoms with Crippen molar-refractivity contribution in [3.05, 3.63) is 65.4 Å². The first kappa shape index (κ1) is 19.0. The van der Waals surface area contributed by atoms with Crippen molar-refractivity contribution in [2.45, 2.75) is 31.4 Å². The van der Waals surface area contributed by atoms with Crippen LogP contribution in [-0.4, -0.2) is 39.7 Å². The summed E-state index contributed by atoms with van der Waals surface area (Å²) in [5, 5.41) is 22.9. The third-order valence-corrected chi connectivity index (χ3v) is 5.27. The summed E-state index contributed by atoms with van der Waals surface area (Å²) in [4.78, 5) is 27.0. The average Bonchev–Trinajstić information content (AvgIpc) is 3.29. The van der Waals surface area contributed by atoms with Gasteiger partial charge in [0.2, 0.25) is 0 Å². The van der Waals surface area contributed by atoms with Gasteiger partial charge in [0.25, 0.3) is 5.91 Å². The molecule has 29 heavy (non-hydrogen) atoms. The van der Waals surface area contributed by atoms with E-state index >= 15 is 0 Å². The number of amides is 1. The highest BCUT2D eigenvalue weighted by atomic mass is 16.5. The van der Waals surface area contributed by atoms with Crippen molar-refractivity contribution in [3.63, 3.8) is 0 Å². The van der Waals surface area contributed by atoms with Gasteiger partial charge in [-0.3, -0.25) is 4.79 Å². The Bertz CT molecular complexity index is 1060. The van der Waals surface area contributed by atoms with Gasteiger partial charge in [-0.15, -0.1) is 0 Å². The van der Waals surface area contributed by atoms with Gasteiger partial charge in [-0.05, 0) is 47.7 Å². The van der Waals surface area contributed by atoms with Crippen LogP contribution in [0.3, 0.4) is 0 Å². The van der Waals surface area contributed by atoms with Crippen LogP contribution < -0.4 is 10.1 Å². The minimum absolute atomic E-state index is 0.163. The van der Waals surface area contributed by atoms with E-state index < -0.39 is 24.0 Å². The number of carbonyl (C=O) groups excluding carboxylic acids is 1. The van der Waals surface area contributed by atoms with Crippen molar-refractivity contribution in [1.29, 1.82) is 0 Å². The highest BCUT2D eigenvalue weighted by molar-refractivity contribution is 5.87. The summed E-state index contributed by atoms with van der Waals surface area (Å²) in [5.41, 5.74) is 3.64. The van der Waals surface area contributed by atoms with Crippen LogP contribution in [0.5, 0.6) is 5.75 Å². The van der Waals surface area contributed by atoms with E-state index in [0.717, 1.165) is 34.0 Å². The van der Waals surface area contributed by atoms with Crippen LogP contribution in [0.2, 0.25) is 0 Å². The number of nitrogens with one attached hydrogen (secondary N) is 2. The van der Waals surface area contributed by atoms with Crippen LogP contribution in [0.15, 0.2) is 48.7 Å². The Kier molecular flexibility index (Phi) is 5.22. The molecule has 7 heteroatoms. The fourth-order valence-electron chi connectivity index (χ4n) is 3.75. The topological polar surface area (TPSA) is 112 Å². The standard InChI is InChI=1S/C22H22N2O5/c25-20-8-6-13-5-7-15(10-17(13)20)29-12-21(26)24-19(22(27)28)9-14-11-23-18-4-2-1-3-16(14)18/h1-5,7,10-11,19-20,23,25H,6,8-9,12H2,(H,24,26)(H,27,28). The van der Waals surface area contributed by atoms with E-state index in [1.807, 2.05) is 30.3 Å². The van der Waals surface area contributed by atoms with Gasteiger partial charge in [0.15, 0.2) is 6.61 Å². The van der Waals surface area contributed by atoms with Crippen molar-refractivity contribution in [2.24, 2.45) is 0 Å². The molecule has 4 N–H and O–H groups in total. The van der Waals surface area contributed by atoms with E-state index in [9.17, 15) is 19.8 Å². The minimum Gasteiger partial charge on any atom is -0.484 e. The Balaban J connectivity index is 1.38. The molecule has 0 aliphatic heterocycles. The van der Waals surface area contributed by atoms with E-state index in [0.29, 0.717) is 12.2 Å². The number of ether oxygens (including phenoxy) is 1. The highest BCUT2D eigenvalue weighted by Crippen LogP contribution is 2.33. The predicted octanol–water partition coefficient (Wildman–Crippen LogP) is 2.34. The second-order valence-electron chi connectivity index (χ2n) is 7.23. The van der Waals surface area contributed by atoms with Gasteiger partial charge in [-0.2, -0.15) is 0 Å². The number of aliphatic hydroxyl groups is 1. The van der Waals surface area contributed by atoms with Gasteiger partial charge >= 0.3 is 5.97 Å². The molecule has 0 bridgehead atoms. The molecule has 3 aromatic rings. The Morgan fingerprint density at radius 2 is 2.07 bits per heavy atom. The van der Waals surface area contributed by atoms with Crippen molar-refractivity contribution in [3.8, 4) is 5.75 Å². The lowest BCUT2D eigenvalue weighted by molar-refractivity contribution is -0.142. The summed E-state index contributed by atoms with van der Waals surface area (Å²) >= 11 is 0. The number of carbonyl (C=O) groups is 2. The lowest BCUT2D eigenvalue weighted by Crippen LogP contribution is -2.44. The zero-order chi connectivity index (χ0) is 20.4. The van der Waals surface area contributed by atoms with Crippen molar-refractivity contribution in [1.82, 2.24) is 10.3 Å². The van der Waals surface area contributed by atoms with Crippen LogP contribution in [0.25, 0.3) is 10.9 Å². The first-order valence-electron chi connectivity index (χ1n) is 9.52. The number of benzene rings is 2. The number of rotatable bonds is 7. The number of carboxylic acids is 1. The summed E-state index contributed by atoms with van der Waals surface area (Å²) in [5.74, 6) is -1.15. The molecule has 0 fully saturated rings. The van der Waals surface area contributed by atoms with E-state index in [-0.39, 0.29) is 13.0 Å². The number of aliphatic hydroxyl groups excluding tert-OH is 1. The largest absolute Gasteiger partial charge is 0.484 e. The smallest absolute Gasteiger partial charge is 0.326 e. The SMILES string of the molecule is O=C(COc1ccc2c(c1)C(O)CC2)NC(Cc1c[nH]c2ccccc12)C(=O)O. The van der Waals surface area contributed by atoms with Crippen molar-refractivity contribution < 1.29 is 24.5 Å². The molecule has 1 amide bonds. The molecule has 7 nitrogen and oxygen atoms in total. The lowest BCUT2D eigenvalue weighted by atomic mass is 10.1. The molecule has 0 spiro atoms. The van der Waals surface area contributed by atoms with Gasteiger partial charge in [0, 0.05) is 23.5 Å². The summed E-state index contributed by atoms with van der Waals surface area (Å²) in [7, 11) is 0. The Hall–Kier alpha value is -3.32. The summed E-state index contributed by atoms with van der Waals surface area (Å²) in [6.45, 7) is -0.299. The van der Waals surface area contributed by atoms with Crippen molar-refractivity contribution in [2.75, 3.05) is 6.61 Å². The maximum Gasteiger partial charge on any atom is 0.326 e. The summed E-state index contributed by atoms with van der Waals surface area (Å²) in [6, 6.07) is 11.9. The number of para-hydroxylation sites is 1. The molecular weight excluding hydrogens is 372 g/mol. The zero-order valence-electron chi connectivity index (χ0n) is 15.7. The van der Waals surface area contributed by atoms with E-state index in [2.05, 4.69) is 10.3 Å². The molecule has 4 rings (SSSR count). The Labute approximate surface area is 167 Å². The van der Waals surface area contributed by atoms with Gasteiger partial charge < -0.3 is 25.3 Å². The molecule has 0 saturated heterocycles. The molecule has 0 radical (unpaired) electrons. The van der Waals surface area contributed by atoms with E-state index in [1.165, 1.54) is 0 Å². The number of carboxylic acid groups (broad SMARTS) is 1. The lowest BCUT2D eigenvalue weighted by Gasteiger charge is -2.15. The average molecular weight is 394 g/mol. The van der Waals surface area contributed by atoms with Crippen molar-refractivity contribution >= 4 is 22.8 Å². The molecule has 2 atom stereocenters. The quantitative estimate of drug-likeness (QED) is 0.491. The van der Waals surface area contributed by atoms with E-state index in [1.54, 1.807) is 18.3 Å². The number of H-pyrrole nitrogens is 1. The van der Waals surface area contributed by atoms with Crippen LogP contribution in [0, 0.1) is 0 Å². The van der Waals surface area contributed by atoms with Crippen LogP contribution in [0.1, 0.15) is 29.2 Å². The third-order valence-electron chi connectivity index (χ3n) is 5.27. The number of aliphatic carboxylic acids is 1. The monoisotopic (exact) mass is 394 g/mol.